The minimum Gasteiger partial charge on any atom is -0.478 e. The predicted octanol–water partition coefficient (Wildman–Crippen LogP) is 3.31. The summed E-state index contributed by atoms with van der Waals surface area (Å²) in [5.74, 6) is 0.292. The van der Waals surface area contributed by atoms with E-state index in [0.717, 1.165) is 17.2 Å². The molecule has 5 heteroatoms. The Morgan fingerprint density at radius 3 is 2.95 bits per heavy atom. The quantitative estimate of drug-likeness (QED) is 0.474. The number of carboxylic acids is 1. The Kier molecular flexibility index (Phi) is 4.99. The zero-order valence-electron chi connectivity index (χ0n) is 10.3. The molecule has 4 nitrogen and oxygen atoms in total. The number of aliphatic carboxylic acids is 1. The van der Waals surface area contributed by atoms with Gasteiger partial charge in [-0.1, -0.05) is 12.1 Å². The summed E-state index contributed by atoms with van der Waals surface area (Å²) in [7, 11) is 0. The third-order valence-electron chi connectivity index (χ3n) is 2.74. The van der Waals surface area contributed by atoms with Crippen LogP contribution in [0.5, 0.6) is 5.75 Å². The Morgan fingerprint density at radius 1 is 1.47 bits per heavy atom. The van der Waals surface area contributed by atoms with E-state index >= 15 is 0 Å². The molecule has 1 aromatic carbocycles. The molecule has 102 valence electrons. The molecule has 0 aromatic heterocycles. The van der Waals surface area contributed by atoms with Gasteiger partial charge in [-0.15, -0.1) is 0 Å². The van der Waals surface area contributed by atoms with Gasteiger partial charge in [0.15, 0.2) is 6.79 Å². The normalized spacial score (nSPS) is 14.8. The van der Waals surface area contributed by atoms with Gasteiger partial charge in [-0.25, -0.2) is 4.79 Å². The molecule has 2 rings (SSSR count). The van der Waals surface area contributed by atoms with Crippen molar-refractivity contribution >= 4 is 28.0 Å². The number of carbonyl (C=O) groups is 1. The topological polar surface area (TPSA) is 55.8 Å². The van der Waals surface area contributed by atoms with Crippen LogP contribution in [-0.4, -0.2) is 24.5 Å². The number of para-hydroxylation sites is 1. The van der Waals surface area contributed by atoms with Crippen LogP contribution in [0.15, 0.2) is 28.7 Å². The van der Waals surface area contributed by atoms with Crippen molar-refractivity contribution < 1.29 is 19.4 Å². The molecule has 0 heterocycles. The molecule has 1 fully saturated rings. The van der Waals surface area contributed by atoms with E-state index in [-0.39, 0.29) is 6.79 Å². The largest absolute Gasteiger partial charge is 0.478 e. The second kappa shape index (κ2) is 6.73. The van der Waals surface area contributed by atoms with Crippen molar-refractivity contribution in [3.63, 3.8) is 0 Å². The lowest BCUT2D eigenvalue weighted by molar-refractivity contribution is -0.131. The second-order valence-corrected chi connectivity index (χ2v) is 5.26. The average molecular weight is 327 g/mol. The lowest BCUT2D eigenvalue weighted by Gasteiger charge is -2.11. The van der Waals surface area contributed by atoms with Gasteiger partial charge < -0.3 is 14.6 Å². The molecule has 0 unspecified atom stereocenters. The van der Waals surface area contributed by atoms with E-state index in [1.54, 1.807) is 6.07 Å². The Balaban J connectivity index is 1.97. The van der Waals surface area contributed by atoms with Gasteiger partial charge in [0.2, 0.25) is 0 Å². The number of hydrogen-bond acceptors (Lipinski definition) is 3. The summed E-state index contributed by atoms with van der Waals surface area (Å²) in [6.45, 7) is 0.901. The van der Waals surface area contributed by atoms with Crippen LogP contribution in [0.1, 0.15) is 18.4 Å². The van der Waals surface area contributed by atoms with Gasteiger partial charge >= 0.3 is 5.97 Å². The summed E-state index contributed by atoms with van der Waals surface area (Å²) in [6, 6.07) is 5.46. The lowest BCUT2D eigenvalue weighted by Crippen LogP contribution is -2.06. The zero-order valence-corrected chi connectivity index (χ0v) is 11.9. The van der Waals surface area contributed by atoms with Gasteiger partial charge in [0.1, 0.15) is 5.75 Å². The molecular formula is C14H15BrO4. The summed E-state index contributed by atoms with van der Waals surface area (Å²) in [6.07, 6.45) is 5.06. The van der Waals surface area contributed by atoms with E-state index in [1.165, 1.54) is 18.9 Å². The maximum absolute atomic E-state index is 10.5. The van der Waals surface area contributed by atoms with E-state index in [9.17, 15) is 4.79 Å². The highest BCUT2D eigenvalue weighted by molar-refractivity contribution is 9.10. The molecule has 1 saturated carbocycles. The highest BCUT2D eigenvalue weighted by Crippen LogP contribution is 2.31. The first-order valence-electron chi connectivity index (χ1n) is 6.07. The van der Waals surface area contributed by atoms with Crippen molar-refractivity contribution in [2.24, 2.45) is 5.92 Å². The minimum atomic E-state index is -0.990. The van der Waals surface area contributed by atoms with Crippen molar-refractivity contribution in [2.45, 2.75) is 12.8 Å². The molecule has 1 aliphatic rings. The Morgan fingerprint density at radius 2 is 2.26 bits per heavy atom. The van der Waals surface area contributed by atoms with Crippen LogP contribution in [0.3, 0.4) is 0 Å². The number of ether oxygens (including phenoxy) is 2. The third-order valence-corrected chi connectivity index (χ3v) is 3.36. The molecule has 0 amide bonds. The van der Waals surface area contributed by atoms with E-state index < -0.39 is 5.97 Å². The Hall–Kier alpha value is -1.33. The molecule has 19 heavy (non-hydrogen) atoms. The summed E-state index contributed by atoms with van der Waals surface area (Å²) in [5, 5.41) is 8.65. The summed E-state index contributed by atoms with van der Waals surface area (Å²) < 4.78 is 11.8. The van der Waals surface area contributed by atoms with E-state index in [2.05, 4.69) is 15.9 Å². The Labute approximate surface area is 120 Å². The second-order valence-electron chi connectivity index (χ2n) is 4.41. The molecule has 0 aliphatic heterocycles. The van der Waals surface area contributed by atoms with Crippen molar-refractivity contribution in [2.75, 3.05) is 13.4 Å². The molecule has 0 atom stereocenters. The molecule has 0 bridgehead atoms. The first-order chi connectivity index (χ1) is 9.16. The van der Waals surface area contributed by atoms with Gasteiger partial charge in [-0.05, 0) is 46.8 Å². The Bertz CT molecular complexity index is 480. The standard InChI is InChI=1S/C14H15BrO4/c15-12-3-1-2-11(6-7-13(16)17)14(12)19-9-18-8-10-4-5-10/h1-3,6-7,10H,4-5,8-9H2,(H,16,17)/b7-6+. The van der Waals surface area contributed by atoms with Crippen LogP contribution < -0.4 is 4.74 Å². The molecule has 0 spiro atoms. The monoisotopic (exact) mass is 326 g/mol. The van der Waals surface area contributed by atoms with Crippen LogP contribution in [0, 0.1) is 5.92 Å². The summed E-state index contributed by atoms with van der Waals surface area (Å²) >= 11 is 3.39. The number of carboxylic acid groups (broad SMARTS) is 1. The van der Waals surface area contributed by atoms with Crippen LogP contribution in [-0.2, 0) is 9.53 Å². The molecule has 1 N–H and O–H groups in total. The first kappa shape index (κ1) is 14.1. The maximum atomic E-state index is 10.5. The first-order valence-corrected chi connectivity index (χ1v) is 6.86. The third kappa shape index (κ3) is 4.69. The number of halogens is 1. The lowest BCUT2D eigenvalue weighted by atomic mass is 10.2. The van der Waals surface area contributed by atoms with Crippen molar-refractivity contribution in [3.8, 4) is 5.75 Å². The van der Waals surface area contributed by atoms with Crippen LogP contribution >= 0.6 is 15.9 Å². The number of benzene rings is 1. The molecule has 1 aliphatic carbocycles. The van der Waals surface area contributed by atoms with Gasteiger partial charge in [-0.2, -0.15) is 0 Å². The molecule has 1 aromatic rings. The minimum absolute atomic E-state index is 0.174. The molecule has 0 saturated heterocycles. The maximum Gasteiger partial charge on any atom is 0.328 e. The fourth-order valence-electron chi connectivity index (χ4n) is 1.57. The highest BCUT2D eigenvalue weighted by atomic mass is 79.9. The summed E-state index contributed by atoms with van der Waals surface area (Å²) in [5.41, 5.74) is 0.701. The van der Waals surface area contributed by atoms with Gasteiger partial charge in [0, 0.05) is 11.6 Å². The van der Waals surface area contributed by atoms with Crippen molar-refractivity contribution in [3.05, 3.63) is 34.3 Å². The molecular weight excluding hydrogens is 312 g/mol. The number of hydrogen-bond donors (Lipinski definition) is 1. The van der Waals surface area contributed by atoms with E-state index in [1.807, 2.05) is 12.1 Å². The zero-order chi connectivity index (χ0) is 13.7. The predicted molar refractivity (Wildman–Crippen MR) is 75.0 cm³/mol. The summed E-state index contributed by atoms with van der Waals surface area (Å²) in [4.78, 5) is 10.5. The van der Waals surface area contributed by atoms with Gasteiger partial charge in [0.05, 0.1) is 11.1 Å². The SMILES string of the molecule is O=C(O)/C=C/c1cccc(Br)c1OCOCC1CC1. The van der Waals surface area contributed by atoms with Crippen LogP contribution in [0.4, 0.5) is 0 Å². The fourth-order valence-corrected chi connectivity index (χ4v) is 2.07. The fraction of sp³-hybridized carbons (Fsp3) is 0.357. The van der Waals surface area contributed by atoms with Crippen LogP contribution in [0.25, 0.3) is 6.08 Å². The van der Waals surface area contributed by atoms with E-state index in [0.29, 0.717) is 17.2 Å². The number of rotatable bonds is 7. The molecule has 0 radical (unpaired) electrons. The average Bonchev–Trinajstić information content (AvgIpc) is 3.18. The smallest absolute Gasteiger partial charge is 0.328 e. The van der Waals surface area contributed by atoms with Gasteiger partial charge in [0.25, 0.3) is 0 Å². The van der Waals surface area contributed by atoms with Crippen LogP contribution in [0.2, 0.25) is 0 Å². The highest BCUT2D eigenvalue weighted by Gasteiger charge is 2.21. The van der Waals surface area contributed by atoms with E-state index in [4.69, 9.17) is 14.6 Å². The van der Waals surface area contributed by atoms with Crippen molar-refractivity contribution in [1.82, 2.24) is 0 Å². The van der Waals surface area contributed by atoms with Crippen molar-refractivity contribution in [1.29, 1.82) is 0 Å². The van der Waals surface area contributed by atoms with Gasteiger partial charge in [-0.3, -0.25) is 0 Å².